The van der Waals surface area contributed by atoms with E-state index in [9.17, 15) is 4.79 Å². The minimum atomic E-state index is 0.0921. The molecule has 5 rings (SSSR count). The van der Waals surface area contributed by atoms with E-state index in [0.717, 1.165) is 36.5 Å². The second kappa shape index (κ2) is 8.77. The lowest BCUT2D eigenvalue weighted by atomic mass is 10.2. The van der Waals surface area contributed by atoms with Gasteiger partial charge < -0.3 is 14.4 Å². The van der Waals surface area contributed by atoms with Crippen LogP contribution in [0.25, 0.3) is 11.0 Å². The molecular formula is C21H28N8O3. The number of anilines is 1. The van der Waals surface area contributed by atoms with E-state index in [1.165, 1.54) is 0 Å². The van der Waals surface area contributed by atoms with Crippen molar-refractivity contribution in [2.24, 2.45) is 4.99 Å². The molecular weight excluding hydrogens is 412 g/mol. The Kier molecular flexibility index (Phi) is 5.68. The summed E-state index contributed by atoms with van der Waals surface area (Å²) in [7, 11) is 0. The summed E-state index contributed by atoms with van der Waals surface area (Å²) in [5.74, 6) is 1.78. The average molecular weight is 441 g/mol. The van der Waals surface area contributed by atoms with Crippen LogP contribution in [-0.2, 0) is 14.3 Å². The second-order valence-electron chi connectivity index (χ2n) is 7.98. The van der Waals surface area contributed by atoms with E-state index in [-0.39, 0.29) is 12.1 Å². The standard InChI is InChI=1S/C21H28N8O3/c1-15-16(2)32-12-9-27(15)28-13-19(26-7-10-31-11-8-26)24-21(25-28)29-18-6-4-3-5-17(18)23-20(29)22-14-30/h3-6,13-16H,7-12H2,1-2H3,(H,24,25)(H,22,23,30)/t15-,16-/m1/s1. The van der Waals surface area contributed by atoms with Crippen LogP contribution in [0.3, 0.4) is 0 Å². The van der Waals surface area contributed by atoms with Crippen molar-refractivity contribution in [1.82, 2.24) is 30.0 Å². The first kappa shape index (κ1) is 20.7. The van der Waals surface area contributed by atoms with E-state index in [1.807, 2.05) is 40.2 Å². The van der Waals surface area contributed by atoms with E-state index >= 15 is 0 Å². The molecule has 2 N–H and O–H groups in total. The summed E-state index contributed by atoms with van der Waals surface area (Å²) >= 11 is 0. The zero-order valence-electron chi connectivity index (χ0n) is 18.3. The average Bonchev–Trinajstić information content (AvgIpc) is 3.19. The number of ether oxygens (including phenoxy) is 2. The smallest absolute Gasteiger partial charge is 0.232 e. The van der Waals surface area contributed by atoms with Crippen molar-refractivity contribution in [3.63, 3.8) is 0 Å². The topological polar surface area (TPSA) is 99.5 Å². The molecule has 1 amide bonds. The van der Waals surface area contributed by atoms with Crippen LogP contribution in [-0.4, -0.2) is 88.5 Å². The molecule has 4 heterocycles. The fourth-order valence-electron chi connectivity index (χ4n) is 4.20. The molecule has 0 radical (unpaired) electrons. The maximum atomic E-state index is 11.3. The highest BCUT2D eigenvalue weighted by atomic mass is 16.5. The zero-order valence-corrected chi connectivity index (χ0v) is 18.3. The van der Waals surface area contributed by atoms with Crippen LogP contribution >= 0.6 is 0 Å². The summed E-state index contributed by atoms with van der Waals surface area (Å²) in [6.07, 6.45) is 2.73. The number of rotatable bonds is 4. The minimum absolute atomic E-state index is 0.0921. The van der Waals surface area contributed by atoms with E-state index in [4.69, 9.17) is 14.5 Å². The Morgan fingerprint density at radius 1 is 1.16 bits per heavy atom. The number of carbonyl (C=O) groups is 1. The fourth-order valence-corrected chi connectivity index (χ4v) is 4.20. The van der Waals surface area contributed by atoms with Gasteiger partial charge in [-0.05, 0) is 26.0 Å². The van der Waals surface area contributed by atoms with Crippen LogP contribution in [0.4, 0.5) is 5.95 Å². The molecule has 2 saturated heterocycles. The monoisotopic (exact) mass is 440 g/mol. The molecule has 2 aromatic rings. The Balaban J connectivity index is 1.58. The van der Waals surface area contributed by atoms with Crippen LogP contribution in [0, 0.1) is 0 Å². The number of aromatic nitrogens is 2. The molecule has 0 aliphatic carbocycles. The van der Waals surface area contributed by atoms with Gasteiger partial charge in [-0.15, -0.1) is 0 Å². The van der Waals surface area contributed by atoms with Crippen LogP contribution in [0.1, 0.15) is 13.8 Å². The molecule has 0 bridgehead atoms. The van der Waals surface area contributed by atoms with E-state index in [0.29, 0.717) is 38.1 Å². The molecule has 170 valence electrons. The third-order valence-electron chi connectivity index (χ3n) is 6.10. The Bertz CT molecular complexity index is 1040. The molecule has 32 heavy (non-hydrogen) atoms. The van der Waals surface area contributed by atoms with Gasteiger partial charge in [-0.25, -0.2) is 14.7 Å². The van der Waals surface area contributed by atoms with Crippen molar-refractivity contribution < 1.29 is 14.3 Å². The highest BCUT2D eigenvalue weighted by molar-refractivity contribution is 5.97. The predicted molar refractivity (Wildman–Crippen MR) is 119 cm³/mol. The lowest BCUT2D eigenvalue weighted by molar-refractivity contribution is -0.145. The van der Waals surface area contributed by atoms with Gasteiger partial charge in [-0.1, -0.05) is 12.1 Å². The third kappa shape index (κ3) is 3.78. The number of aliphatic imine (C=N–C) groups is 1. The van der Waals surface area contributed by atoms with Crippen LogP contribution in [0.5, 0.6) is 0 Å². The van der Waals surface area contributed by atoms with Gasteiger partial charge in [0, 0.05) is 19.6 Å². The van der Waals surface area contributed by atoms with Crippen LogP contribution in [0.15, 0.2) is 41.3 Å². The number of nitrogens with one attached hydrogen (secondary N) is 2. The number of hydrazine groups is 2. The Labute approximate surface area is 186 Å². The maximum absolute atomic E-state index is 11.3. The number of nitrogens with zero attached hydrogens (tertiary/aromatic N) is 6. The van der Waals surface area contributed by atoms with Gasteiger partial charge in [0.1, 0.15) is 0 Å². The van der Waals surface area contributed by atoms with Gasteiger partial charge in [0.25, 0.3) is 0 Å². The van der Waals surface area contributed by atoms with Gasteiger partial charge in [-0.3, -0.25) is 15.5 Å². The van der Waals surface area contributed by atoms with Crippen LogP contribution < -0.4 is 10.7 Å². The second-order valence-corrected chi connectivity index (χ2v) is 7.98. The van der Waals surface area contributed by atoms with Gasteiger partial charge in [0.2, 0.25) is 18.3 Å². The molecule has 3 aliphatic heterocycles. The third-order valence-corrected chi connectivity index (χ3v) is 6.10. The number of fused-ring (bicyclic) bond motifs is 1. The van der Waals surface area contributed by atoms with Gasteiger partial charge >= 0.3 is 0 Å². The Morgan fingerprint density at radius 3 is 2.78 bits per heavy atom. The zero-order chi connectivity index (χ0) is 22.1. The van der Waals surface area contributed by atoms with Crippen molar-refractivity contribution in [2.45, 2.75) is 26.0 Å². The molecule has 11 heteroatoms. The highest BCUT2D eigenvalue weighted by Crippen LogP contribution is 2.24. The SMILES string of the molecule is C[C@@H]1[C@@H](C)OCCN1N1C=C(N2CCOCC2)N=C(n2c(NC=O)nc3ccccc32)N1. The van der Waals surface area contributed by atoms with Crippen molar-refractivity contribution in [3.05, 3.63) is 36.3 Å². The van der Waals surface area contributed by atoms with E-state index in [2.05, 4.69) is 39.5 Å². The highest BCUT2D eigenvalue weighted by Gasteiger charge is 2.33. The van der Waals surface area contributed by atoms with Gasteiger partial charge in [0.05, 0.1) is 49.2 Å². The van der Waals surface area contributed by atoms with Crippen molar-refractivity contribution in [1.29, 1.82) is 0 Å². The molecule has 0 saturated carbocycles. The normalized spacial score (nSPS) is 24.7. The minimum Gasteiger partial charge on any atom is -0.378 e. The van der Waals surface area contributed by atoms with Gasteiger partial charge in [0.15, 0.2) is 5.82 Å². The summed E-state index contributed by atoms with van der Waals surface area (Å²) < 4.78 is 13.2. The number of carbonyl (C=O) groups excluding carboxylic acids is 1. The number of morpholine rings is 2. The number of imidazole rings is 1. The summed E-state index contributed by atoms with van der Waals surface area (Å²) in [6, 6.07) is 7.89. The molecule has 3 aliphatic rings. The molecule has 0 unspecified atom stereocenters. The summed E-state index contributed by atoms with van der Waals surface area (Å²) in [5, 5.41) is 6.93. The first-order valence-electron chi connectivity index (χ1n) is 10.9. The largest absolute Gasteiger partial charge is 0.378 e. The summed E-state index contributed by atoms with van der Waals surface area (Å²) in [5.41, 5.74) is 5.03. The van der Waals surface area contributed by atoms with Crippen molar-refractivity contribution in [3.8, 4) is 0 Å². The quantitative estimate of drug-likeness (QED) is 0.673. The predicted octanol–water partition coefficient (Wildman–Crippen LogP) is 0.784. The lowest BCUT2D eigenvalue weighted by Crippen LogP contribution is -2.61. The molecule has 2 fully saturated rings. The van der Waals surface area contributed by atoms with Crippen molar-refractivity contribution in [2.75, 3.05) is 44.8 Å². The molecule has 1 aromatic carbocycles. The summed E-state index contributed by atoms with van der Waals surface area (Å²) in [4.78, 5) is 23.0. The maximum Gasteiger partial charge on any atom is 0.232 e. The number of para-hydroxylation sites is 2. The molecule has 1 aromatic heterocycles. The number of amides is 1. The number of hydrogen-bond donors (Lipinski definition) is 2. The first-order chi connectivity index (χ1) is 15.7. The lowest BCUT2D eigenvalue weighted by Gasteiger charge is -2.45. The molecule has 11 nitrogen and oxygen atoms in total. The number of benzene rings is 1. The van der Waals surface area contributed by atoms with Crippen LogP contribution in [0.2, 0.25) is 0 Å². The first-order valence-corrected chi connectivity index (χ1v) is 10.9. The fraction of sp³-hybridized carbons (Fsp3) is 0.476. The molecule has 0 spiro atoms. The Hall–Kier alpha value is -3.15. The van der Waals surface area contributed by atoms with E-state index in [1.54, 1.807) is 0 Å². The van der Waals surface area contributed by atoms with Crippen molar-refractivity contribution >= 4 is 29.4 Å². The van der Waals surface area contributed by atoms with Gasteiger partial charge in [-0.2, -0.15) is 10.0 Å². The number of hydrogen-bond acceptors (Lipinski definition) is 9. The summed E-state index contributed by atoms with van der Waals surface area (Å²) in [6.45, 7) is 8.44. The van der Waals surface area contributed by atoms with E-state index < -0.39 is 0 Å². The molecule has 2 atom stereocenters. The Morgan fingerprint density at radius 2 is 1.97 bits per heavy atom.